The first-order chi connectivity index (χ1) is 8.08. The minimum Gasteiger partial charge on any atom is -0.508 e. The smallest absolute Gasteiger partial charge is 0.312 e. The second-order valence-electron chi connectivity index (χ2n) is 4.01. The molecular formula is C12H15N3O2. The molecule has 2 aromatic rings. The van der Waals surface area contributed by atoms with Gasteiger partial charge in [0.1, 0.15) is 5.75 Å². The molecule has 2 rings (SSSR count). The van der Waals surface area contributed by atoms with E-state index in [2.05, 4.69) is 5.32 Å². The average Bonchev–Trinajstić information content (AvgIpc) is 2.55. The first kappa shape index (κ1) is 11.3. The molecule has 17 heavy (non-hydrogen) atoms. The largest absolute Gasteiger partial charge is 0.508 e. The number of fused-ring (bicyclic) bond motifs is 1. The third-order valence-electron chi connectivity index (χ3n) is 2.75. The number of phenolic OH excluding ortho intramolecular Hbond substituents is 1. The lowest BCUT2D eigenvalue weighted by Crippen LogP contribution is -2.30. The summed E-state index contributed by atoms with van der Waals surface area (Å²) in [6, 6.07) is 4.74. The third-order valence-corrected chi connectivity index (χ3v) is 2.75. The number of phenols is 1. The monoisotopic (exact) mass is 233 g/mol. The SMILES string of the molecule is Cn1cc(CCNC(N)=O)c2cc(O)ccc21. The van der Waals surface area contributed by atoms with Gasteiger partial charge in [0, 0.05) is 30.7 Å². The highest BCUT2D eigenvalue weighted by molar-refractivity contribution is 5.85. The van der Waals surface area contributed by atoms with Gasteiger partial charge in [-0.15, -0.1) is 0 Å². The van der Waals surface area contributed by atoms with Crippen LogP contribution < -0.4 is 11.1 Å². The lowest BCUT2D eigenvalue weighted by molar-refractivity contribution is 0.249. The van der Waals surface area contributed by atoms with Crippen molar-refractivity contribution in [1.29, 1.82) is 0 Å². The lowest BCUT2D eigenvalue weighted by Gasteiger charge is -2.01. The number of carbonyl (C=O) groups excluding carboxylic acids is 1. The van der Waals surface area contributed by atoms with Crippen molar-refractivity contribution in [3.8, 4) is 5.75 Å². The van der Waals surface area contributed by atoms with E-state index in [9.17, 15) is 9.90 Å². The molecule has 0 aliphatic heterocycles. The Labute approximate surface area is 98.8 Å². The summed E-state index contributed by atoms with van der Waals surface area (Å²) in [6.07, 6.45) is 2.68. The number of hydrogen-bond donors (Lipinski definition) is 3. The molecule has 0 spiro atoms. The van der Waals surface area contributed by atoms with E-state index in [-0.39, 0.29) is 5.75 Å². The van der Waals surface area contributed by atoms with E-state index < -0.39 is 6.03 Å². The summed E-state index contributed by atoms with van der Waals surface area (Å²) < 4.78 is 1.99. The van der Waals surface area contributed by atoms with Crippen molar-refractivity contribution in [2.45, 2.75) is 6.42 Å². The van der Waals surface area contributed by atoms with Crippen LogP contribution in [-0.2, 0) is 13.5 Å². The third kappa shape index (κ3) is 2.33. The number of rotatable bonds is 3. The number of nitrogens with one attached hydrogen (secondary N) is 1. The Morgan fingerprint density at radius 3 is 3.00 bits per heavy atom. The van der Waals surface area contributed by atoms with Gasteiger partial charge in [-0.2, -0.15) is 0 Å². The molecule has 0 fully saturated rings. The first-order valence-corrected chi connectivity index (χ1v) is 5.38. The molecule has 1 heterocycles. The van der Waals surface area contributed by atoms with E-state index in [4.69, 9.17) is 5.73 Å². The molecule has 5 nitrogen and oxygen atoms in total. The number of nitrogens with zero attached hydrogens (tertiary/aromatic N) is 1. The number of primary amides is 1. The maximum Gasteiger partial charge on any atom is 0.312 e. The molecule has 0 aliphatic carbocycles. The van der Waals surface area contributed by atoms with Crippen LogP contribution in [0.1, 0.15) is 5.56 Å². The van der Waals surface area contributed by atoms with E-state index in [1.807, 2.05) is 23.9 Å². The topological polar surface area (TPSA) is 80.3 Å². The van der Waals surface area contributed by atoms with Crippen molar-refractivity contribution < 1.29 is 9.90 Å². The highest BCUT2D eigenvalue weighted by atomic mass is 16.3. The number of urea groups is 1. The van der Waals surface area contributed by atoms with Crippen molar-refractivity contribution >= 4 is 16.9 Å². The number of benzene rings is 1. The van der Waals surface area contributed by atoms with Gasteiger partial charge < -0.3 is 20.7 Å². The fourth-order valence-electron chi connectivity index (χ4n) is 1.98. The predicted octanol–water partition coefficient (Wildman–Crippen LogP) is 1.09. The van der Waals surface area contributed by atoms with E-state index >= 15 is 0 Å². The van der Waals surface area contributed by atoms with Crippen LogP contribution in [0.4, 0.5) is 4.79 Å². The summed E-state index contributed by atoms with van der Waals surface area (Å²) >= 11 is 0. The van der Waals surface area contributed by atoms with Gasteiger partial charge in [0.15, 0.2) is 0 Å². The minimum atomic E-state index is -0.520. The molecule has 0 saturated heterocycles. The van der Waals surface area contributed by atoms with Crippen molar-refractivity contribution in [2.24, 2.45) is 12.8 Å². The van der Waals surface area contributed by atoms with Crippen LogP contribution in [0.15, 0.2) is 24.4 Å². The van der Waals surface area contributed by atoms with Gasteiger partial charge in [-0.3, -0.25) is 0 Å². The Hall–Kier alpha value is -2.17. The molecule has 0 radical (unpaired) electrons. The van der Waals surface area contributed by atoms with Gasteiger partial charge in [0.05, 0.1) is 0 Å². The van der Waals surface area contributed by atoms with Crippen LogP contribution in [0, 0.1) is 0 Å². The Bertz CT molecular complexity index is 560. The summed E-state index contributed by atoms with van der Waals surface area (Å²) in [5, 5.41) is 13.0. The number of aryl methyl sites for hydroxylation is 1. The van der Waals surface area contributed by atoms with Gasteiger partial charge in [-0.1, -0.05) is 0 Å². The highest BCUT2D eigenvalue weighted by Gasteiger charge is 2.07. The summed E-state index contributed by atoms with van der Waals surface area (Å²) in [6.45, 7) is 0.490. The van der Waals surface area contributed by atoms with Gasteiger partial charge in [0.25, 0.3) is 0 Å². The normalized spacial score (nSPS) is 10.6. The van der Waals surface area contributed by atoms with E-state index in [1.165, 1.54) is 0 Å². The van der Waals surface area contributed by atoms with Gasteiger partial charge in [-0.05, 0) is 30.2 Å². The van der Waals surface area contributed by atoms with Crippen LogP contribution in [0.3, 0.4) is 0 Å². The molecule has 4 N–H and O–H groups in total. The summed E-state index contributed by atoms with van der Waals surface area (Å²) in [7, 11) is 1.95. The van der Waals surface area contributed by atoms with Gasteiger partial charge in [0.2, 0.25) is 0 Å². The number of nitrogens with two attached hydrogens (primary N) is 1. The molecule has 1 aromatic carbocycles. The summed E-state index contributed by atoms with van der Waals surface area (Å²) in [5.74, 6) is 0.243. The Morgan fingerprint density at radius 1 is 1.53 bits per heavy atom. The molecule has 90 valence electrons. The molecule has 0 bridgehead atoms. The highest BCUT2D eigenvalue weighted by Crippen LogP contribution is 2.24. The molecule has 0 atom stereocenters. The molecule has 0 saturated carbocycles. The number of hydrogen-bond acceptors (Lipinski definition) is 2. The van der Waals surface area contributed by atoms with Crippen molar-refractivity contribution in [2.75, 3.05) is 6.54 Å². The first-order valence-electron chi connectivity index (χ1n) is 5.38. The number of aromatic hydroxyl groups is 1. The zero-order chi connectivity index (χ0) is 12.4. The number of amides is 2. The lowest BCUT2D eigenvalue weighted by atomic mass is 10.1. The Morgan fingerprint density at radius 2 is 2.29 bits per heavy atom. The van der Waals surface area contributed by atoms with Gasteiger partial charge in [-0.25, -0.2) is 4.79 Å². The number of carbonyl (C=O) groups is 1. The maximum absolute atomic E-state index is 10.6. The van der Waals surface area contributed by atoms with Gasteiger partial charge >= 0.3 is 6.03 Å². The Balaban J connectivity index is 2.27. The second kappa shape index (κ2) is 4.37. The average molecular weight is 233 g/mol. The molecule has 5 heteroatoms. The van der Waals surface area contributed by atoms with Crippen LogP contribution in [0.2, 0.25) is 0 Å². The van der Waals surface area contributed by atoms with Crippen LogP contribution in [-0.4, -0.2) is 22.2 Å². The Kier molecular flexibility index (Phi) is 2.91. The summed E-state index contributed by atoms with van der Waals surface area (Å²) in [5.41, 5.74) is 7.13. The van der Waals surface area contributed by atoms with Crippen LogP contribution in [0.5, 0.6) is 5.75 Å². The second-order valence-corrected chi connectivity index (χ2v) is 4.01. The van der Waals surface area contributed by atoms with E-state index in [1.54, 1.807) is 12.1 Å². The van der Waals surface area contributed by atoms with Crippen LogP contribution >= 0.6 is 0 Å². The maximum atomic E-state index is 10.6. The molecule has 0 aliphatic rings. The quantitative estimate of drug-likeness (QED) is 0.742. The fourth-order valence-corrected chi connectivity index (χ4v) is 1.98. The standard InChI is InChI=1S/C12H15N3O2/c1-15-7-8(4-5-14-12(13)17)10-6-9(16)2-3-11(10)15/h2-3,6-7,16H,4-5H2,1H3,(H3,13,14,17). The van der Waals surface area contributed by atoms with Crippen molar-refractivity contribution in [3.05, 3.63) is 30.0 Å². The minimum absolute atomic E-state index is 0.243. The molecular weight excluding hydrogens is 218 g/mol. The predicted molar refractivity (Wildman–Crippen MR) is 65.9 cm³/mol. The summed E-state index contributed by atoms with van der Waals surface area (Å²) in [4.78, 5) is 10.6. The zero-order valence-corrected chi connectivity index (χ0v) is 9.60. The van der Waals surface area contributed by atoms with Crippen molar-refractivity contribution in [1.82, 2.24) is 9.88 Å². The van der Waals surface area contributed by atoms with Crippen LogP contribution in [0.25, 0.3) is 10.9 Å². The van der Waals surface area contributed by atoms with E-state index in [0.717, 1.165) is 16.5 Å². The molecule has 2 amide bonds. The van der Waals surface area contributed by atoms with Crippen molar-refractivity contribution in [3.63, 3.8) is 0 Å². The van der Waals surface area contributed by atoms with E-state index in [0.29, 0.717) is 13.0 Å². The molecule has 0 unspecified atom stereocenters. The fraction of sp³-hybridized carbons (Fsp3) is 0.250. The number of aromatic nitrogens is 1. The molecule has 1 aromatic heterocycles. The zero-order valence-electron chi connectivity index (χ0n) is 9.60.